The first-order chi connectivity index (χ1) is 13.7. The highest BCUT2D eigenvalue weighted by molar-refractivity contribution is 5.82. The summed E-state index contributed by atoms with van der Waals surface area (Å²) in [6.07, 6.45) is 25.6. The first-order valence-electron chi connectivity index (χ1n) is 12.3. The normalized spacial score (nSPS) is 10.9. The van der Waals surface area contributed by atoms with Gasteiger partial charge in [-0.1, -0.05) is 116 Å². The molecule has 0 aromatic rings. The van der Waals surface area contributed by atoms with Crippen molar-refractivity contribution in [2.45, 2.75) is 142 Å². The molecule has 0 aliphatic carbocycles. The van der Waals surface area contributed by atoms with Gasteiger partial charge in [-0.25, -0.2) is 0 Å². The summed E-state index contributed by atoms with van der Waals surface area (Å²) in [5.41, 5.74) is 0. The van der Waals surface area contributed by atoms with Crippen LogP contribution in [-0.4, -0.2) is 18.9 Å². The van der Waals surface area contributed by atoms with Crippen LogP contribution in [0.4, 0.5) is 0 Å². The van der Waals surface area contributed by atoms with Crippen molar-refractivity contribution < 1.29 is 14.3 Å². The maximum Gasteiger partial charge on any atom is 0.305 e. The number of hydrogen-bond donors (Lipinski definition) is 0. The molecule has 0 aliphatic heterocycles. The van der Waals surface area contributed by atoms with Gasteiger partial charge in [0.1, 0.15) is 5.78 Å². The molecule has 0 aromatic heterocycles. The summed E-state index contributed by atoms with van der Waals surface area (Å²) >= 11 is 0. The quantitative estimate of drug-likeness (QED) is 0.138. The maximum absolute atomic E-state index is 11.6. The number of unbranched alkanes of at least 4 members (excludes halogenated alkanes) is 17. The Morgan fingerprint density at radius 2 is 0.857 bits per heavy atom. The number of carbonyl (C=O) groups is 2. The number of esters is 1. The first kappa shape index (κ1) is 27.1. The predicted molar refractivity (Wildman–Crippen MR) is 120 cm³/mol. The van der Waals surface area contributed by atoms with Crippen LogP contribution in [0.25, 0.3) is 0 Å². The monoisotopic (exact) mass is 396 g/mol. The van der Waals surface area contributed by atoms with Crippen molar-refractivity contribution in [3.05, 3.63) is 0 Å². The van der Waals surface area contributed by atoms with Gasteiger partial charge in [-0.2, -0.15) is 0 Å². The van der Waals surface area contributed by atoms with Gasteiger partial charge in [-0.3, -0.25) is 9.59 Å². The molecule has 166 valence electrons. The van der Waals surface area contributed by atoms with Crippen molar-refractivity contribution in [3.63, 3.8) is 0 Å². The molecule has 0 rings (SSSR count). The summed E-state index contributed by atoms with van der Waals surface area (Å²) in [4.78, 5) is 22.6. The largest absolute Gasteiger partial charge is 0.469 e. The summed E-state index contributed by atoms with van der Waals surface area (Å²) in [6.45, 7) is 2.28. The van der Waals surface area contributed by atoms with E-state index in [1.165, 1.54) is 110 Å². The number of rotatable bonds is 22. The Labute approximate surface area is 175 Å². The van der Waals surface area contributed by atoms with Crippen LogP contribution in [0.5, 0.6) is 0 Å². The second kappa shape index (κ2) is 22.4. The van der Waals surface area contributed by atoms with Gasteiger partial charge in [0.25, 0.3) is 0 Å². The molecule has 0 bridgehead atoms. The Bertz CT molecular complexity index is 352. The summed E-state index contributed by atoms with van der Waals surface area (Å²) in [5.74, 6) is -0.0898. The van der Waals surface area contributed by atoms with E-state index >= 15 is 0 Å². The van der Waals surface area contributed by atoms with Crippen molar-refractivity contribution in [3.8, 4) is 0 Å². The number of Topliss-reactive ketones (excluding diaryl/α,β-unsaturated/α-hetero) is 1. The minimum absolute atomic E-state index is 0.196. The van der Waals surface area contributed by atoms with E-state index in [-0.39, 0.29) is 18.2 Å². The van der Waals surface area contributed by atoms with Gasteiger partial charge in [0.2, 0.25) is 0 Å². The van der Waals surface area contributed by atoms with Gasteiger partial charge >= 0.3 is 5.97 Å². The molecule has 0 amide bonds. The van der Waals surface area contributed by atoms with Crippen molar-refractivity contribution in [1.29, 1.82) is 0 Å². The summed E-state index contributed by atoms with van der Waals surface area (Å²) in [6, 6.07) is 0. The molecule has 0 spiro atoms. The molecule has 28 heavy (non-hydrogen) atoms. The topological polar surface area (TPSA) is 43.4 Å². The highest BCUT2D eigenvalue weighted by Crippen LogP contribution is 2.14. The maximum atomic E-state index is 11.6. The SMILES string of the molecule is CCCCCCCCCCCCCCCCCCCCC(=O)CCC(=O)OC. The summed E-state index contributed by atoms with van der Waals surface area (Å²) in [5, 5.41) is 0. The Morgan fingerprint density at radius 3 is 1.21 bits per heavy atom. The summed E-state index contributed by atoms with van der Waals surface area (Å²) in [7, 11) is 1.37. The van der Waals surface area contributed by atoms with Crippen molar-refractivity contribution in [2.24, 2.45) is 0 Å². The predicted octanol–water partition coefficient (Wildman–Crippen LogP) is 7.94. The zero-order valence-corrected chi connectivity index (χ0v) is 19.1. The molecule has 0 aliphatic rings. The van der Waals surface area contributed by atoms with E-state index < -0.39 is 0 Å². The van der Waals surface area contributed by atoms with Crippen LogP contribution in [0.15, 0.2) is 0 Å². The lowest BCUT2D eigenvalue weighted by Crippen LogP contribution is -2.05. The van der Waals surface area contributed by atoms with Crippen LogP contribution < -0.4 is 0 Å². The fourth-order valence-corrected chi connectivity index (χ4v) is 3.69. The van der Waals surface area contributed by atoms with Gasteiger partial charge < -0.3 is 4.74 Å². The minimum Gasteiger partial charge on any atom is -0.469 e. The molecule has 0 unspecified atom stereocenters. The second-order valence-corrected chi connectivity index (χ2v) is 8.38. The third-order valence-electron chi connectivity index (χ3n) is 5.64. The van der Waals surface area contributed by atoms with Crippen molar-refractivity contribution in [1.82, 2.24) is 0 Å². The van der Waals surface area contributed by atoms with E-state index in [1.54, 1.807) is 0 Å². The Kier molecular flexibility index (Phi) is 21.7. The molecule has 0 aromatic carbocycles. The second-order valence-electron chi connectivity index (χ2n) is 8.38. The molecule has 0 saturated carbocycles. The molecule has 0 heterocycles. The zero-order valence-electron chi connectivity index (χ0n) is 19.1. The van der Waals surface area contributed by atoms with Crippen molar-refractivity contribution in [2.75, 3.05) is 7.11 Å². The molecule has 3 nitrogen and oxygen atoms in total. The Balaban J connectivity index is 3.12. The van der Waals surface area contributed by atoms with Gasteiger partial charge in [-0.15, -0.1) is 0 Å². The fraction of sp³-hybridized carbons (Fsp3) is 0.920. The van der Waals surface area contributed by atoms with Crippen molar-refractivity contribution >= 4 is 11.8 Å². The van der Waals surface area contributed by atoms with Crippen LogP contribution in [-0.2, 0) is 14.3 Å². The molecule has 0 N–H and O–H groups in total. The Morgan fingerprint density at radius 1 is 0.500 bits per heavy atom. The molecule has 0 radical (unpaired) electrons. The number of carbonyl (C=O) groups excluding carboxylic acids is 2. The molecule has 0 fully saturated rings. The van der Waals surface area contributed by atoms with E-state index in [0.717, 1.165) is 12.8 Å². The molecular formula is C25H48O3. The highest BCUT2D eigenvalue weighted by atomic mass is 16.5. The van der Waals surface area contributed by atoms with Crippen LogP contribution in [0.2, 0.25) is 0 Å². The zero-order chi connectivity index (χ0) is 20.7. The highest BCUT2D eigenvalue weighted by Gasteiger charge is 2.06. The third-order valence-corrected chi connectivity index (χ3v) is 5.64. The van der Waals surface area contributed by atoms with E-state index in [0.29, 0.717) is 12.8 Å². The average Bonchev–Trinajstić information content (AvgIpc) is 2.71. The van der Waals surface area contributed by atoms with E-state index in [4.69, 9.17) is 0 Å². The molecular weight excluding hydrogens is 348 g/mol. The average molecular weight is 397 g/mol. The van der Waals surface area contributed by atoms with Crippen LogP contribution in [0, 0.1) is 0 Å². The fourth-order valence-electron chi connectivity index (χ4n) is 3.69. The smallest absolute Gasteiger partial charge is 0.305 e. The van der Waals surface area contributed by atoms with E-state index in [9.17, 15) is 9.59 Å². The lowest BCUT2D eigenvalue weighted by molar-refractivity contribution is -0.141. The van der Waals surface area contributed by atoms with Gasteiger partial charge in [0.15, 0.2) is 0 Å². The number of methoxy groups -OCH3 is 1. The first-order valence-corrected chi connectivity index (χ1v) is 12.3. The lowest BCUT2D eigenvalue weighted by atomic mass is 10.0. The van der Waals surface area contributed by atoms with Gasteiger partial charge in [0, 0.05) is 12.8 Å². The number of hydrogen-bond acceptors (Lipinski definition) is 3. The van der Waals surface area contributed by atoms with E-state index in [1.807, 2.05) is 0 Å². The lowest BCUT2D eigenvalue weighted by Gasteiger charge is -2.04. The third kappa shape index (κ3) is 21.4. The Hall–Kier alpha value is -0.860. The molecule has 0 saturated heterocycles. The van der Waals surface area contributed by atoms with Crippen LogP contribution in [0.1, 0.15) is 142 Å². The molecule has 3 heteroatoms. The standard InChI is InChI=1S/C25H48O3/c1-3-4-5-6-7-8-9-10-11-12-13-14-15-16-17-18-19-20-21-24(26)22-23-25(27)28-2/h3-23H2,1-2H3. The summed E-state index contributed by atoms with van der Waals surface area (Å²) < 4.78 is 4.55. The van der Waals surface area contributed by atoms with Gasteiger partial charge in [-0.05, 0) is 6.42 Å². The van der Waals surface area contributed by atoms with Gasteiger partial charge in [0.05, 0.1) is 13.5 Å². The molecule has 0 atom stereocenters. The number of ether oxygens (including phenoxy) is 1. The number of ketones is 1. The van der Waals surface area contributed by atoms with E-state index in [2.05, 4.69) is 11.7 Å². The van der Waals surface area contributed by atoms with Crippen LogP contribution >= 0.6 is 0 Å². The minimum atomic E-state index is -0.286. The van der Waals surface area contributed by atoms with Crippen LogP contribution in [0.3, 0.4) is 0 Å².